The highest BCUT2D eigenvalue weighted by Crippen LogP contribution is 2.40. The molecule has 0 spiro atoms. The predicted molar refractivity (Wildman–Crippen MR) is 64.4 cm³/mol. The molecule has 0 amide bonds. The van der Waals surface area contributed by atoms with Crippen LogP contribution in [0.2, 0.25) is 0 Å². The molecule has 2 fully saturated rings. The Morgan fingerprint density at radius 3 is 2.62 bits per heavy atom. The van der Waals surface area contributed by atoms with E-state index in [4.69, 9.17) is 0 Å². The molecule has 16 heavy (non-hydrogen) atoms. The zero-order valence-corrected chi connectivity index (χ0v) is 9.60. The van der Waals surface area contributed by atoms with Crippen LogP contribution in [0.5, 0.6) is 5.75 Å². The second kappa shape index (κ2) is 4.10. The molecule has 0 radical (unpaired) electrons. The van der Waals surface area contributed by atoms with Crippen molar-refractivity contribution in [2.45, 2.75) is 44.2 Å². The monoisotopic (exact) mass is 217 g/mol. The Balaban J connectivity index is 1.82. The quantitative estimate of drug-likeness (QED) is 0.781. The minimum atomic E-state index is 0.372. The van der Waals surface area contributed by atoms with Gasteiger partial charge in [-0.1, -0.05) is 18.6 Å². The van der Waals surface area contributed by atoms with E-state index >= 15 is 0 Å². The lowest BCUT2D eigenvalue weighted by atomic mass is 10.0. The molecule has 86 valence electrons. The molecule has 0 unspecified atom stereocenters. The predicted octanol–water partition coefficient (Wildman–Crippen LogP) is 3.08. The molecule has 2 nitrogen and oxygen atoms in total. The average Bonchev–Trinajstić information content (AvgIpc) is 2.74. The van der Waals surface area contributed by atoms with Gasteiger partial charge in [0.1, 0.15) is 5.75 Å². The highest BCUT2D eigenvalue weighted by atomic mass is 16.3. The number of hydrogen-bond acceptors (Lipinski definition) is 2. The molecular formula is C14H19NO. The summed E-state index contributed by atoms with van der Waals surface area (Å²) in [5.41, 5.74) is 1.38. The highest BCUT2D eigenvalue weighted by molar-refractivity contribution is 5.28. The van der Waals surface area contributed by atoms with Crippen molar-refractivity contribution in [3.8, 4) is 5.75 Å². The van der Waals surface area contributed by atoms with E-state index in [9.17, 15) is 5.11 Å². The van der Waals surface area contributed by atoms with Crippen molar-refractivity contribution in [1.29, 1.82) is 0 Å². The third-order valence-corrected chi connectivity index (χ3v) is 4.12. The molecular weight excluding hydrogens is 198 g/mol. The van der Waals surface area contributed by atoms with Crippen molar-refractivity contribution in [2.24, 2.45) is 0 Å². The van der Waals surface area contributed by atoms with Gasteiger partial charge in [0.25, 0.3) is 0 Å². The van der Waals surface area contributed by atoms with Gasteiger partial charge >= 0.3 is 0 Å². The Morgan fingerprint density at radius 1 is 1.00 bits per heavy atom. The van der Waals surface area contributed by atoms with Crippen LogP contribution in [-0.4, -0.2) is 22.6 Å². The fourth-order valence-corrected chi connectivity index (χ4v) is 3.31. The summed E-state index contributed by atoms with van der Waals surface area (Å²) < 4.78 is 0. The normalized spacial score (nSPS) is 30.2. The van der Waals surface area contributed by atoms with Gasteiger partial charge in [0.15, 0.2) is 0 Å². The van der Waals surface area contributed by atoms with Gasteiger partial charge < -0.3 is 5.11 Å². The number of piperidine rings is 1. The molecule has 2 atom stereocenters. The summed E-state index contributed by atoms with van der Waals surface area (Å²) in [6.45, 7) is 1.26. The van der Waals surface area contributed by atoms with Crippen molar-refractivity contribution in [1.82, 2.24) is 4.90 Å². The lowest BCUT2D eigenvalue weighted by Crippen LogP contribution is -2.35. The summed E-state index contributed by atoms with van der Waals surface area (Å²) in [4.78, 5) is 2.68. The van der Waals surface area contributed by atoms with Crippen LogP contribution in [0.15, 0.2) is 24.3 Å². The zero-order valence-electron chi connectivity index (χ0n) is 9.60. The number of benzene rings is 1. The summed E-state index contributed by atoms with van der Waals surface area (Å²) in [6.07, 6.45) is 6.78. The molecule has 0 bridgehead atoms. The molecule has 1 N–H and O–H groups in total. The summed E-state index contributed by atoms with van der Waals surface area (Å²) >= 11 is 0. The lowest BCUT2D eigenvalue weighted by molar-refractivity contribution is 0.150. The molecule has 2 heterocycles. The fraction of sp³-hybridized carbons (Fsp3) is 0.571. The average molecular weight is 217 g/mol. The Hall–Kier alpha value is -1.02. The second-order valence-electron chi connectivity index (χ2n) is 5.07. The maximum atomic E-state index is 9.32. The van der Waals surface area contributed by atoms with Crippen molar-refractivity contribution in [3.05, 3.63) is 29.8 Å². The molecule has 1 aromatic carbocycles. The first-order chi connectivity index (χ1) is 7.84. The van der Waals surface area contributed by atoms with Gasteiger partial charge in [-0.2, -0.15) is 0 Å². The summed E-state index contributed by atoms with van der Waals surface area (Å²) in [7, 11) is 0. The number of hydrogen-bond donors (Lipinski definition) is 1. The van der Waals surface area contributed by atoms with E-state index in [1.54, 1.807) is 0 Å². The maximum absolute atomic E-state index is 9.32. The fourth-order valence-electron chi connectivity index (χ4n) is 3.31. The first-order valence-corrected chi connectivity index (χ1v) is 6.39. The maximum Gasteiger partial charge on any atom is 0.115 e. The first kappa shape index (κ1) is 10.2. The zero-order chi connectivity index (χ0) is 11.0. The van der Waals surface area contributed by atoms with Crippen LogP contribution in [0, 0.1) is 0 Å². The number of aromatic hydroxyl groups is 1. The molecule has 0 saturated carbocycles. The van der Waals surface area contributed by atoms with Gasteiger partial charge in [-0.05, 0) is 49.9 Å². The molecule has 0 aliphatic carbocycles. The summed E-state index contributed by atoms with van der Waals surface area (Å²) in [6, 6.07) is 9.21. The van der Waals surface area contributed by atoms with Crippen molar-refractivity contribution in [2.75, 3.05) is 6.54 Å². The van der Waals surface area contributed by atoms with Gasteiger partial charge in [-0.25, -0.2) is 0 Å². The van der Waals surface area contributed by atoms with Gasteiger partial charge in [0, 0.05) is 12.1 Å². The van der Waals surface area contributed by atoms with Crippen LogP contribution >= 0.6 is 0 Å². The van der Waals surface area contributed by atoms with Crippen molar-refractivity contribution in [3.63, 3.8) is 0 Å². The van der Waals surface area contributed by atoms with E-state index < -0.39 is 0 Å². The van der Waals surface area contributed by atoms with Gasteiger partial charge in [0.05, 0.1) is 0 Å². The number of rotatable bonds is 1. The molecule has 2 heteroatoms. The minimum Gasteiger partial charge on any atom is -0.508 e. The topological polar surface area (TPSA) is 23.5 Å². The van der Waals surface area contributed by atoms with Crippen molar-refractivity contribution >= 4 is 0 Å². The largest absolute Gasteiger partial charge is 0.508 e. The summed E-state index contributed by atoms with van der Waals surface area (Å²) in [5.74, 6) is 0.372. The first-order valence-electron chi connectivity index (χ1n) is 6.39. The van der Waals surface area contributed by atoms with E-state index in [0.717, 1.165) is 6.04 Å². The van der Waals surface area contributed by atoms with E-state index in [-0.39, 0.29) is 0 Å². The van der Waals surface area contributed by atoms with Crippen LogP contribution in [0.3, 0.4) is 0 Å². The molecule has 1 aromatic rings. The number of phenolic OH excluding ortho intramolecular Hbond substituents is 1. The third-order valence-electron chi connectivity index (χ3n) is 4.12. The Labute approximate surface area is 96.9 Å². The van der Waals surface area contributed by atoms with Crippen LogP contribution < -0.4 is 0 Å². The van der Waals surface area contributed by atoms with Crippen LogP contribution in [0.25, 0.3) is 0 Å². The smallest absolute Gasteiger partial charge is 0.115 e. The van der Waals surface area contributed by atoms with E-state index in [2.05, 4.69) is 17.0 Å². The highest BCUT2D eigenvalue weighted by Gasteiger charge is 2.35. The SMILES string of the molecule is Oc1ccc([C@H]2CC[C@H]3CCCCN32)cc1. The number of fused-ring (bicyclic) bond motifs is 1. The van der Waals surface area contributed by atoms with Crippen LogP contribution in [0.4, 0.5) is 0 Å². The van der Waals surface area contributed by atoms with Gasteiger partial charge in [-0.15, -0.1) is 0 Å². The van der Waals surface area contributed by atoms with E-state index in [0.29, 0.717) is 11.8 Å². The Bertz CT molecular complexity index is 360. The van der Waals surface area contributed by atoms with Crippen LogP contribution in [-0.2, 0) is 0 Å². The van der Waals surface area contributed by atoms with Gasteiger partial charge in [-0.3, -0.25) is 4.90 Å². The summed E-state index contributed by atoms with van der Waals surface area (Å²) in [5, 5.41) is 9.32. The Morgan fingerprint density at radius 2 is 1.81 bits per heavy atom. The van der Waals surface area contributed by atoms with E-state index in [1.165, 1.54) is 44.2 Å². The molecule has 3 rings (SSSR count). The number of nitrogens with zero attached hydrogens (tertiary/aromatic N) is 1. The van der Waals surface area contributed by atoms with Crippen molar-refractivity contribution < 1.29 is 5.11 Å². The molecule has 2 aliphatic rings. The lowest BCUT2D eigenvalue weighted by Gasteiger charge is -2.34. The molecule has 0 aromatic heterocycles. The van der Waals surface area contributed by atoms with Gasteiger partial charge in [0.2, 0.25) is 0 Å². The second-order valence-corrected chi connectivity index (χ2v) is 5.07. The minimum absolute atomic E-state index is 0.372. The Kier molecular flexibility index (Phi) is 2.60. The molecule has 2 saturated heterocycles. The third kappa shape index (κ3) is 1.71. The van der Waals surface area contributed by atoms with Crippen LogP contribution in [0.1, 0.15) is 43.7 Å². The van der Waals surface area contributed by atoms with E-state index in [1.807, 2.05) is 12.1 Å². The molecule has 2 aliphatic heterocycles. The standard InChI is InChI=1S/C14H19NO/c16-13-7-4-11(5-8-13)14-9-6-12-3-1-2-10-15(12)14/h4-5,7-8,12,14,16H,1-3,6,9-10H2/t12-,14-/m1/s1. The number of phenols is 1.